The molecule has 2 N–H and O–H groups in total. The summed E-state index contributed by atoms with van der Waals surface area (Å²) in [5, 5.41) is 25.8. The van der Waals surface area contributed by atoms with Crippen LogP contribution < -0.4 is 0 Å². The number of hydrogen-bond acceptors (Lipinski definition) is 2. The summed E-state index contributed by atoms with van der Waals surface area (Å²) in [6, 6.07) is 23.7. The molecule has 0 aliphatic rings. The highest BCUT2D eigenvalue weighted by molar-refractivity contribution is 5.92. The van der Waals surface area contributed by atoms with E-state index in [-0.39, 0.29) is 17.4 Å². The van der Waals surface area contributed by atoms with Crippen LogP contribution >= 0.6 is 0 Å². The summed E-state index contributed by atoms with van der Waals surface area (Å²) in [6.07, 6.45) is 1.80. The van der Waals surface area contributed by atoms with E-state index in [1.54, 1.807) is 12.1 Å². The van der Waals surface area contributed by atoms with E-state index in [0.717, 1.165) is 45.5 Å². The van der Waals surface area contributed by atoms with Crippen LogP contribution in [-0.4, -0.2) is 10.2 Å². The van der Waals surface area contributed by atoms with Crippen molar-refractivity contribution in [2.75, 3.05) is 0 Å². The Morgan fingerprint density at radius 3 is 1.58 bits per heavy atom. The van der Waals surface area contributed by atoms with Gasteiger partial charge < -0.3 is 10.2 Å². The predicted octanol–water partition coefficient (Wildman–Crippen LogP) is 6.34. The third kappa shape index (κ3) is 2.68. The molecule has 0 saturated carbocycles. The monoisotopic (exact) mass is 342 g/mol. The zero-order valence-corrected chi connectivity index (χ0v) is 14.8. The molecular weight excluding hydrogens is 320 g/mol. The second-order valence-corrected chi connectivity index (χ2v) is 6.78. The maximum Gasteiger partial charge on any atom is 0.120 e. The SMILES string of the molecule is CCCC(c1c(O)ccc2ccccc12)c1c(O)ccc2ccccc12. The lowest BCUT2D eigenvalue weighted by Gasteiger charge is -2.23. The van der Waals surface area contributed by atoms with Gasteiger partial charge in [0.15, 0.2) is 0 Å². The molecule has 0 heterocycles. The van der Waals surface area contributed by atoms with Crippen molar-refractivity contribution in [3.8, 4) is 11.5 Å². The van der Waals surface area contributed by atoms with Gasteiger partial charge in [-0.1, -0.05) is 74.0 Å². The third-order valence-electron chi connectivity index (χ3n) is 5.17. The first-order chi connectivity index (χ1) is 12.7. The Labute approximate surface area is 153 Å². The van der Waals surface area contributed by atoms with Gasteiger partial charge in [0.1, 0.15) is 11.5 Å². The fourth-order valence-corrected chi connectivity index (χ4v) is 4.02. The molecule has 4 aromatic carbocycles. The van der Waals surface area contributed by atoms with Gasteiger partial charge in [-0.2, -0.15) is 0 Å². The minimum Gasteiger partial charge on any atom is -0.508 e. The van der Waals surface area contributed by atoms with Crippen molar-refractivity contribution in [1.29, 1.82) is 0 Å². The van der Waals surface area contributed by atoms with Crippen LogP contribution in [0.25, 0.3) is 21.5 Å². The van der Waals surface area contributed by atoms with E-state index in [1.807, 2.05) is 36.4 Å². The zero-order valence-electron chi connectivity index (χ0n) is 14.8. The lowest BCUT2D eigenvalue weighted by atomic mass is 9.81. The van der Waals surface area contributed by atoms with Crippen molar-refractivity contribution < 1.29 is 10.2 Å². The second-order valence-electron chi connectivity index (χ2n) is 6.78. The number of phenols is 2. The standard InChI is InChI=1S/C24H22O2/c1-2-7-20(23-18-10-5-3-8-16(18)12-14-21(23)25)24-19-11-6-4-9-17(19)13-15-22(24)26/h3-6,8-15,20,25-26H,2,7H2,1H3. The summed E-state index contributed by atoms with van der Waals surface area (Å²) in [5.41, 5.74) is 1.80. The lowest BCUT2D eigenvalue weighted by Crippen LogP contribution is -2.04. The van der Waals surface area contributed by atoms with Gasteiger partial charge in [-0.3, -0.25) is 0 Å². The van der Waals surface area contributed by atoms with Crippen LogP contribution in [0.4, 0.5) is 0 Å². The number of aromatic hydroxyl groups is 2. The Hall–Kier alpha value is -3.00. The number of fused-ring (bicyclic) bond motifs is 2. The summed E-state index contributed by atoms with van der Waals surface area (Å²) in [7, 11) is 0. The maximum absolute atomic E-state index is 10.7. The second kappa shape index (κ2) is 6.72. The summed E-state index contributed by atoms with van der Waals surface area (Å²) >= 11 is 0. The van der Waals surface area contributed by atoms with Crippen LogP contribution in [0.2, 0.25) is 0 Å². The first-order valence-electron chi connectivity index (χ1n) is 9.12. The van der Waals surface area contributed by atoms with Gasteiger partial charge in [-0.15, -0.1) is 0 Å². The van der Waals surface area contributed by atoms with Crippen molar-refractivity contribution in [1.82, 2.24) is 0 Å². The molecule has 0 aliphatic carbocycles. The summed E-state index contributed by atoms with van der Waals surface area (Å²) in [4.78, 5) is 0. The molecule has 0 bridgehead atoms. The zero-order chi connectivity index (χ0) is 18.1. The van der Waals surface area contributed by atoms with Gasteiger partial charge in [0, 0.05) is 17.0 Å². The molecule has 2 nitrogen and oxygen atoms in total. The van der Waals surface area contributed by atoms with Gasteiger partial charge >= 0.3 is 0 Å². The third-order valence-corrected chi connectivity index (χ3v) is 5.17. The Kier molecular flexibility index (Phi) is 4.26. The largest absolute Gasteiger partial charge is 0.508 e. The van der Waals surface area contributed by atoms with Crippen molar-refractivity contribution in [2.24, 2.45) is 0 Å². The highest BCUT2D eigenvalue weighted by atomic mass is 16.3. The number of benzene rings is 4. The fraction of sp³-hybridized carbons (Fsp3) is 0.167. The molecular formula is C24H22O2. The smallest absolute Gasteiger partial charge is 0.120 e. The molecule has 0 radical (unpaired) electrons. The Bertz CT molecular complexity index is 997. The van der Waals surface area contributed by atoms with Gasteiger partial charge in [-0.25, -0.2) is 0 Å². The van der Waals surface area contributed by atoms with Crippen molar-refractivity contribution >= 4 is 21.5 Å². The number of hydrogen-bond donors (Lipinski definition) is 2. The van der Waals surface area contributed by atoms with Gasteiger partial charge in [-0.05, 0) is 40.1 Å². The topological polar surface area (TPSA) is 40.5 Å². The molecule has 0 fully saturated rings. The molecule has 0 aromatic heterocycles. The van der Waals surface area contributed by atoms with Crippen LogP contribution in [0.5, 0.6) is 11.5 Å². The van der Waals surface area contributed by atoms with E-state index in [0.29, 0.717) is 0 Å². The van der Waals surface area contributed by atoms with E-state index >= 15 is 0 Å². The normalized spacial score (nSPS) is 11.5. The molecule has 0 amide bonds. The average Bonchev–Trinajstić information content (AvgIpc) is 2.67. The minimum absolute atomic E-state index is 0.0720. The van der Waals surface area contributed by atoms with Crippen LogP contribution in [0, 0.1) is 0 Å². The number of phenolic OH excluding ortho intramolecular Hbond substituents is 2. The van der Waals surface area contributed by atoms with E-state index in [2.05, 4.69) is 31.2 Å². The van der Waals surface area contributed by atoms with Crippen LogP contribution in [-0.2, 0) is 0 Å². The highest BCUT2D eigenvalue weighted by Gasteiger charge is 2.24. The summed E-state index contributed by atoms with van der Waals surface area (Å²) in [5.74, 6) is 0.501. The molecule has 0 spiro atoms. The van der Waals surface area contributed by atoms with Crippen molar-refractivity contribution in [2.45, 2.75) is 25.7 Å². The molecule has 26 heavy (non-hydrogen) atoms. The molecule has 130 valence electrons. The Morgan fingerprint density at radius 1 is 0.654 bits per heavy atom. The van der Waals surface area contributed by atoms with E-state index in [4.69, 9.17) is 0 Å². The Morgan fingerprint density at radius 2 is 1.12 bits per heavy atom. The summed E-state index contributed by atoms with van der Waals surface area (Å²) < 4.78 is 0. The fourth-order valence-electron chi connectivity index (χ4n) is 4.02. The van der Waals surface area contributed by atoms with Crippen LogP contribution in [0.3, 0.4) is 0 Å². The van der Waals surface area contributed by atoms with E-state index in [9.17, 15) is 10.2 Å². The molecule has 4 rings (SSSR count). The number of rotatable bonds is 4. The molecule has 0 atom stereocenters. The minimum atomic E-state index is -0.0720. The molecule has 2 heteroatoms. The van der Waals surface area contributed by atoms with Gasteiger partial charge in [0.2, 0.25) is 0 Å². The summed E-state index contributed by atoms with van der Waals surface area (Å²) in [6.45, 7) is 2.14. The van der Waals surface area contributed by atoms with E-state index < -0.39 is 0 Å². The average molecular weight is 342 g/mol. The van der Waals surface area contributed by atoms with Gasteiger partial charge in [0.05, 0.1) is 0 Å². The van der Waals surface area contributed by atoms with E-state index in [1.165, 1.54) is 0 Å². The molecule has 0 unspecified atom stereocenters. The van der Waals surface area contributed by atoms with Crippen molar-refractivity contribution in [3.05, 3.63) is 83.9 Å². The first kappa shape index (κ1) is 16.5. The maximum atomic E-state index is 10.7. The quantitative estimate of drug-likeness (QED) is 0.454. The van der Waals surface area contributed by atoms with Crippen LogP contribution in [0.1, 0.15) is 36.8 Å². The first-order valence-corrected chi connectivity index (χ1v) is 9.12. The van der Waals surface area contributed by atoms with Crippen molar-refractivity contribution in [3.63, 3.8) is 0 Å². The Balaban J connectivity index is 2.06. The van der Waals surface area contributed by atoms with Gasteiger partial charge in [0.25, 0.3) is 0 Å². The van der Waals surface area contributed by atoms with Crippen LogP contribution in [0.15, 0.2) is 72.8 Å². The highest BCUT2D eigenvalue weighted by Crippen LogP contribution is 2.45. The molecule has 0 aliphatic heterocycles. The molecule has 4 aromatic rings. The predicted molar refractivity (Wildman–Crippen MR) is 108 cm³/mol. The lowest BCUT2D eigenvalue weighted by molar-refractivity contribution is 0.453. The molecule has 0 saturated heterocycles.